The van der Waals surface area contributed by atoms with E-state index in [1.54, 1.807) is 0 Å². The first-order valence-corrected chi connectivity index (χ1v) is 5.41. The maximum Gasteiger partial charge on any atom is 0.490 e. The Balaban J connectivity index is 0.000000203. The highest BCUT2D eigenvalue weighted by molar-refractivity contribution is 5.73. The molecule has 2 fully saturated rings. The van der Waals surface area contributed by atoms with Crippen LogP contribution in [0.5, 0.6) is 0 Å². The Bertz CT molecular complexity index is 354. The predicted molar refractivity (Wildman–Crippen MR) is 55.7 cm³/mol. The van der Waals surface area contributed by atoms with Gasteiger partial charge in [-0.2, -0.15) is 13.2 Å². The minimum atomic E-state index is -5.08. The molecule has 6 nitrogen and oxygen atoms in total. The molecule has 1 aliphatic heterocycles. The molecule has 18 heavy (non-hydrogen) atoms. The number of fused-ring (bicyclic) bond motifs is 1. The molecule has 2 N–H and O–H groups in total. The fourth-order valence-electron chi connectivity index (χ4n) is 2.33. The molecule has 102 valence electrons. The van der Waals surface area contributed by atoms with Gasteiger partial charge in [0.05, 0.1) is 0 Å². The quantitative estimate of drug-likeness (QED) is 0.431. The van der Waals surface area contributed by atoms with E-state index >= 15 is 0 Å². The van der Waals surface area contributed by atoms with Crippen molar-refractivity contribution in [1.82, 2.24) is 5.32 Å². The second kappa shape index (κ2) is 5.92. The van der Waals surface area contributed by atoms with E-state index in [1.165, 1.54) is 6.42 Å². The van der Waals surface area contributed by atoms with E-state index in [0.29, 0.717) is 5.92 Å². The van der Waals surface area contributed by atoms with Crippen LogP contribution in [0.15, 0.2) is 5.11 Å². The summed E-state index contributed by atoms with van der Waals surface area (Å²) in [6.07, 6.45) is -2.75. The van der Waals surface area contributed by atoms with Gasteiger partial charge >= 0.3 is 12.1 Å². The van der Waals surface area contributed by atoms with E-state index in [2.05, 4.69) is 15.3 Å². The Hall–Kier alpha value is -1.47. The first kappa shape index (κ1) is 14.6. The van der Waals surface area contributed by atoms with Crippen LogP contribution in [0.2, 0.25) is 0 Å². The van der Waals surface area contributed by atoms with Gasteiger partial charge in [-0.3, -0.25) is 0 Å². The number of hydrogen-bond donors (Lipinski definition) is 2. The SMILES string of the molecule is O=C(O)C(F)(F)F.[N-]=[N+]=N[C@H]1CC[C@@H]2CNC[C@@H]21. The van der Waals surface area contributed by atoms with Crippen LogP contribution in [0.25, 0.3) is 10.4 Å². The zero-order valence-corrected chi connectivity index (χ0v) is 9.39. The molecule has 0 unspecified atom stereocenters. The molecule has 2 rings (SSSR count). The van der Waals surface area contributed by atoms with Crippen LogP contribution in [0.4, 0.5) is 13.2 Å². The van der Waals surface area contributed by atoms with Crippen molar-refractivity contribution < 1.29 is 23.1 Å². The molecule has 1 saturated carbocycles. The zero-order chi connectivity index (χ0) is 13.8. The minimum Gasteiger partial charge on any atom is -0.475 e. The Morgan fingerprint density at radius 2 is 2.00 bits per heavy atom. The lowest BCUT2D eigenvalue weighted by molar-refractivity contribution is -0.192. The summed E-state index contributed by atoms with van der Waals surface area (Å²) in [6.45, 7) is 2.18. The predicted octanol–water partition coefficient (Wildman–Crippen LogP) is 1.93. The highest BCUT2D eigenvalue weighted by atomic mass is 19.4. The smallest absolute Gasteiger partial charge is 0.475 e. The Morgan fingerprint density at radius 1 is 1.39 bits per heavy atom. The number of rotatable bonds is 1. The van der Waals surface area contributed by atoms with Gasteiger partial charge in [-0.05, 0) is 43.3 Å². The Kier molecular flexibility index (Phi) is 4.80. The summed E-state index contributed by atoms with van der Waals surface area (Å²) < 4.78 is 31.7. The molecule has 0 aromatic rings. The second-order valence-corrected chi connectivity index (χ2v) is 4.23. The lowest BCUT2D eigenvalue weighted by atomic mass is 9.98. The topological polar surface area (TPSA) is 98.1 Å². The number of halogens is 3. The number of aliphatic carboxylic acids is 1. The number of carboxylic acid groups (broad SMARTS) is 1. The summed E-state index contributed by atoms with van der Waals surface area (Å²) in [5.74, 6) is -1.34. The molecule has 0 spiro atoms. The molecule has 1 saturated heterocycles. The minimum absolute atomic E-state index is 0.278. The number of nitrogens with one attached hydrogen (secondary N) is 1. The number of carboxylic acids is 1. The normalized spacial score (nSPS) is 29.8. The number of carbonyl (C=O) groups is 1. The summed E-state index contributed by atoms with van der Waals surface area (Å²) in [5, 5.41) is 14.3. The van der Waals surface area contributed by atoms with Gasteiger partial charge in [0.1, 0.15) is 0 Å². The van der Waals surface area contributed by atoms with Crippen LogP contribution in [0.3, 0.4) is 0 Å². The molecule has 3 atom stereocenters. The molecule has 0 radical (unpaired) electrons. The van der Waals surface area contributed by atoms with Gasteiger partial charge in [-0.25, -0.2) is 4.79 Å². The Labute approximate surface area is 101 Å². The van der Waals surface area contributed by atoms with Crippen molar-refractivity contribution in [3.05, 3.63) is 10.4 Å². The number of azide groups is 1. The van der Waals surface area contributed by atoms with Crippen molar-refractivity contribution in [2.75, 3.05) is 13.1 Å². The first-order chi connectivity index (χ1) is 8.36. The average Bonchev–Trinajstić information content (AvgIpc) is 2.82. The molecule has 9 heteroatoms. The standard InChI is InChI=1S/C7H12N4.C2HF3O2/c8-11-10-7-2-1-5-3-9-4-6(5)7;3-2(4,5)1(6)7/h5-7,9H,1-4H2;(H,6,7)/t5-,6+,7+;/m1./s1. The molecule has 1 heterocycles. The van der Waals surface area contributed by atoms with E-state index in [0.717, 1.165) is 25.4 Å². The van der Waals surface area contributed by atoms with Gasteiger partial charge in [0, 0.05) is 11.0 Å². The van der Waals surface area contributed by atoms with E-state index in [9.17, 15) is 13.2 Å². The van der Waals surface area contributed by atoms with E-state index in [-0.39, 0.29) is 6.04 Å². The number of alkyl halides is 3. The largest absolute Gasteiger partial charge is 0.490 e. The van der Waals surface area contributed by atoms with E-state index < -0.39 is 12.1 Å². The third-order valence-electron chi connectivity index (χ3n) is 3.16. The third-order valence-corrected chi connectivity index (χ3v) is 3.16. The second-order valence-electron chi connectivity index (χ2n) is 4.23. The zero-order valence-electron chi connectivity index (χ0n) is 9.39. The number of hydrogen-bond acceptors (Lipinski definition) is 3. The van der Waals surface area contributed by atoms with Crippen LogP contribution in [0.1, 0.15) is 12.8 Å². The maximum atomic E-state index is 10.6. The molecule has 0 aromatic heterocycles. The van der Waals surface area contributed by atoms with Crippen molar-refractivity contribution in [1.29, 1.82) is 0 Å². The van der Waals surface area contributed by atoms with E-state index in [1.807, 2.05) is 0 Å². The molecule has 1 aliphatic carbocycles. The fraction of sp³-hybridized carbons (Fsp3) is 0.889. The summed E-state index contributed by atoms with van der Waals surface area (Å²) in [5.41, 5.74) is 8.28. The van der Waals surface area contributed by atoms with Gasteiger partial charge in [0.15, 0.2) is 0 Å². The molecular formula is C9H13F3N4O2. The Morgan fingerprint density at radius 3 is 2.50 bits per heavy atom. The summed E-state index contributed by atoms with van der Waals surface area (Å²) in [4.78, 5) is 11.8. The van der Waals surface area contributed by atoms with Crippen LogP contribution in [-0.4, -0.2) is 36.4 Å². The third kappa shape index (κ3) is 3.78. The van der Waals surface area contributed by atoms with Gasteiger partial charge in [0.2, 0.25) is 0 Å². The summed E-state index contributed by atoms with van der Waals surface area (Å²) >= 11 is 0. The van der Waals surface area contributed by atoms with Crippen LogP contribution >= 0.6 is 0 Å². The summed E-state index contributed by atoms with van der Waals surface area (Å²) in [6, 6.07) is 0.278. The summed E-state index contributed by atoms with van der Waals surface area (Å²) in [7, 11) is 0. The van der Waals surface area contributed by atoms with Crippen molar-refractivity contribution in [2.24, 2.45) is 17.0 Å². The van der Waals surface area contributed by atoms with Gasteiger partial charge in [-0.1, -0.05) is 5.11 Å². The van der Waals surface area contributed by atoms with Gasteiger partial charge in [-0.15, -0.1) is 0 Å². The molecular weight excluding hydrogens is 253 g/mol. The lowest BCUT2D eigenvalue weighted by Crippen LogP contribution is -2.21. The molecule has 0 amide bonds. The van der Waals surface area contributed by atoms with Crippen molar-refractivity contribution in [2.45, 2.75) is 25.1 Å². The maximum absolute atomic E-state index is 10.6. The lowest BCUT2D eigenvalue weighted by Gasteiger charge is -2.10. The molecule has 0 aromatic carbocycles. The number of nitrogens with zero attached hydrogens (tertiary/aromatic N) is 3. The highest BCUT2D eigenvalue weighted by Gasteiger charge is 2.38. The highest BCUT2D eigenvalue weighted by Crippen LogP contribution is 2.36. The fourth-order valence-corrected chi connectivity index (χ4v) is 2.33. The van der Waals surface area contributed by atoms with Gasteiger partial charge in [0.25, 0.3) is 0 Å². The van der Waals surface area contributed by atoms with Crippen LogP contribution < -0.4 is 5.32 Å². The molecule has 0 bridgehead atoms. The first-order valence-electron chi connectivity index (χ1n) is 5.41. The van der Waals surface area contributed by atoms with Crippen molar-refractivity contribution in [3.8, 4) is 0 Å². The van der Waals surface area contributed by atoms with Gasteiger partial charge < -0.3 is 10.4 Å². The van der Waals surface area contributed by atoms with Crippen LogP contribution in [0, 0.1) is 11.8 Å². The van der Waals surface area contributed by atoms with E-state index in [4.69, 9.17) is 15.4 Å². The average molecular weight is 266 g/mol. The van der Waals surface area contributed by atoms with Crippen molar-refractivity contribution in [3.63, 3.8) is 0 Å². The monoisotopic (exact) mass is 266 g/mol. The van der Waals surface area contributed by atoms with Crippen LogP contribution in [-0.2, 0) is 4.79 Å². The molecule has 2 aliphatic rings. The van der Waals surface area contributed by atoms with Crippen molar-refractivity contribution >= 4 is 5.97 Å².